The number of benzene rings is 2. The summed E-state index contributed by atoms with van der Waals surface area (Å²) in [7, 11) is 1.53. The number of aryl methyl sites for hydroxylation is 1. The van der Waals surface area contributed by atoms with Crippen molar-refractivity contribution < 1.29 is 14.6 Å². The third-order valence-corrected chi connectivity index (χ3v) is 3.26. The molecule has 0 fully saturated rings. The van der Waals surface area contributed by atoms with Crippen LogP contribution in [0.15, 0.2) is 42.5 Å². The lowest BCUT2D eigenvalue weighted by molar-refractivity contribution is 0.102. The lowest BCUT2D eigenvalue weighted by Crippen LogP contribution is -2.15. The summed E-state index contributed by atoms with van der Waals surface area (Å²) in [5, 5.41) is 12.6. The van der Waals surface area contributed by atoms with Crippen molar-refractivity contribution in [2.24, 2.45) is 0 Å². The highest BCUT2D eigenvalue weighted by molar-refractivity contribution is 6.06. The number of anilines is 1. The Morgan fingerprint density at radius 2 is 1.95 bits per heavy atom. The summed E-state index contributed by atoms with van der Waals surface area (Å²) < 4.78 is 5.23. The molecule has 2 N–H and O–H groups in total. The van der Waals surface area contributed by atoms with Crippen molar-refractivity contribution in [2.75, 3.05) is 12.4 Å². The number of aliphatic hydroxyl groups excluding tert-OH is 1. The van der Waals surface area contributed by atoms with Crippen LogP contribution in [-0.4, -0.2) is 18.1 Å². The van der Waals surface area contributed by atoms with Crippen LogP contribution < -0.4 is 10.1 Å². The van der Waals surface area contributed by atoms with Gasteiger partial charge in [0.1, 0.15) is 5.75 Å². The number of hydrogen-bond acceptors (Lipinski definition) is 3. The molecule has 0 aliphatic heterocycles. The van der Waals surface area contributed by atoms with Crippen molar-refractivity contribution in [3.63, 3.8) is 0 Å². The van der Waals surface area contributed by atoms with Gasteiger partial charge < -0.3 is 15.2 Å². The van der Waals surface area contributed by atoms with E-state index in [0.29, 0.717) is 22.6 Å². The molecule has 2 aromatic carbocycles. The predicted octanol–water partition coefficient (Wildman–Crippen LogP) is 3.31. The van der Waals surface area contributed by atoms with Gasteiger partial charge >= 0.3 is 0 Å². The van der Waals surface area contributed by atoms with Gasteiger partial charge in [-0.2, -0.15) is 0 Å². The van der Waals surface area contributed by atoms with Crippen molar-refractivity contribution in [3.05, 3.63) is 59.2 Å². The Labute approximate surface area is 124 Å². The van der Waals surface area contributed by atoms with Crippen LogP contribution in [0.4, 0.5) is 5.69 Å². The van der Waals surface area contributed by atoms with Crippen LogP contribution in [0.2, 0.25) is 0 Å². The third kappa shape index (κ3) is 3.41. The first-order valence-electron chi connectivity index (χ1n) is 6.76. The molecule has 0 bridgehead atoms. The first-order valence-corrected chi connectivity index (χ1v) is 6.76. The second kappa shape index (κ2) is 6.41. The van der Waals surface area contributed by atoms with Gasteiger partial charge in [-0.25, -0.2) is 0 Å². The second-order valence-electron chi connectivity index (χ2n) is 4.92. The van der Waals surface area contributed by atoms with Gasteiger partial charge in [-0.3, -0.25) is 4.79 Å². The van der Waals surface area contributed by atoms with E-state index in [0.717, 1.165) is 5.56 Å². The maximum Gasteiger partial charge on any atom is 0.259 e. The van der Waals surface area contributed by atoms with E-state index < -0.39 is 6.10 Å². The summed E-state index contributed by atoms with van der Waals surface area (Å²) in [6.07, 6.45) is -0.652. The van der Waals surface area contributed by atoms with Crippen LogP contribution in [-0.2, 0) is 0 Å². The number of carbonyl (C=O) groups is 1. The molecule has 0 saturated carbocycles. The number of carbonyl (C=O) groups excluding carboxylic acids is 1. The van der Waals surface area contributed by atoms with Gasteiger partial charge in [0.15, 0.2) is 0 Å². The third-order valence-electron chi connectivity index (χ3n) is 3.26. The molecule has 1 unspecified atom stereocenters. The highest BCUT2D eigenvalue weighted by Gasteiger charge is 2.15. The number of rotatable bonds is 4. The van der Waals surface area contributed by atoms with Crippen LogP contribution in [0.5, 0.6) is 5.75 Å². The molecule has 0 saturated heterocycles. The molecule has 0 heterocycles. The van der Waals surface area contributed by atoms with Gasteiger partial charge in [-0.15, -0.1) is 0 Å². The molecule has 4 heteroatoms. The van der Waals surface area contributed by atoms with Gasteiger partial charge in [0.25, 0.3) is 5.91 Å². The Morgan fingerprint density at radius 3 is 2.62 bits per heavy atom. The molecule has 110 valence electrons. The Bertz CT molecular complexity index is 650. The fraction of sp³-hybridized carbons (Fsp3) is 0.235. The monoisotopic (exact) mass is 285 g/mol. The van der Waals surface area contributed by atoms with Gasteiger partial charge in [0, 0.05) is 11.3 Å². The zero-order valence-electron chi connectivity index (χ0n) is 12.4. The Morgan fingerprint density at radius 1 is 1.24 bits per heavy atom. The molecule has 1 amide bonds. The number of amides is 1. The van der Waals surface area contributed by atoms with Crippen LogP contribution in [0.25, 0.3) is 0 Å². The Balaban J connectivity index is 2.33. The molecular formula is C17H19NO3. The summed E-state index contributed by atoms with van der Waals surface area (Å²) in [5.74, 6) is 0.260. The van der Waals surface area contributed by atoms with Crippen LogP contribution in [0.3, 0.4) is 0 Å². The molecule has 0 spiro atoms. The van der Waals surface area contributed by atoms with E-state index in [2.05, 4.69) is 5.32 Å². The van der Waals surface area contributed by atoms with Crippen molar-refractivity contribution in [3.8, 4) is 5.75 Å². The first kappa shape index (κ1) is 15.1. The van der Waals surface area contributed by atoms with Crippen molar-refractivity contribution in [1.82, 2.24) is 0 Å². The summed E-state index contributed by atoms with van der Waals surface area (Å²) in [4.78, 5) is 12.4. The Kier molecular flexibility index (Phi) is 4.60. The number of hydrogen-bond donors (Lipinski definition) is 2. The maximum absolute atomic E-state index is 12.4. The minimum Gasteiger partial charge on any atom is -0.496 e. The molecule has 21 heavy (non-hydrogen) atoms. The second-order valence-corrected chi connectivity index (χ2v) is 4.92. The fourth-order valence-electron chi connectivity index (χ4n) is 2.16. The molecule has 2 rings (SSSR count). The molecule has 0 aliphatic rings. The topological polar surface area (TPSA) is 58.6 Å². The van der Waals surface area contributed by atoms with Gasteiger partial charge in [0.05, 0.1) is 18.8 Å². The SMILES string of the molecule is COc1ccc(C)cc1C(=O)Nc1ccccc1C(C)O. The first-order chi connectivity index (χ1) is 10.0. The van der Waals surface area contributed by atoms with E-state index in [1.165, 1.54) is 7.11 Å². The largest absolute Gasteiger partial charge is 0.496 e. The van der Waals surface area contributed by atoms with Gasteiger partial charge in [0.2, 0.25) is 0 Å². The smallest absolute Gasteiger partial charge is 0.259 e. The highest BCUT2D eigenvalue weighted by atomic mass is 16.5. The minimum atomic E-state index is -0.652. The molecule has 2 aromatic rings. The van der Waals surface area contributed by atoms with Crippen LogP contribution in [0.1, 0.15) is 34.5 Å². The number of para-hydroxylation sites is 1. The lowest BCUT2D eigenvalue weighted by Gasteiger charge is -2.14. The van der Waals surface area contributed by atoms with Crippen LogP contribution >= 0.6 is 0 Å². The normalized spacial score (nSPS) is 11.8. The quantitative estimate of drug-likeness (QED) is 0.906. The molecule has 1 atom stereocenters. The number of methoxy groups -OCH3 is 1. The zero-order valence-corrected chi connectivity index (χ0v) is 12.4. The summed E-state index contributed by atoms with van der Waals surface area (Å²) >= 11 is 0. The number of ether oxygens (including phenoxy) is 1. The predicted molar refractivity (Wildman–Crippen MR) is 82.8 cm³/mol. The van der Waals surface area contributed by atoms with E-state index in [1.54, 1.807) is 31.2 Å². The van der Waals surface area contributed by atoms with Crippen molar-refractivity contribution in [1.29, 1.82) is 0 Å². The molecule has 0 aliphatic carbocycles. The number of aliphatic hydroxyl groups is 1. The molecule has 0 radical (unpaired) electrons. The average molecular weight is 285 g/mol. The van der Waals surface area contributed by atoms with E-state index >= 15 is 0 Å². The lowest BCUT2D eigenvalue weighted by atomic mass is 10.1. The summed E-state index contributed by atoms with van der Waals surface area (Å²) in [6.45, 7) is 3.58. The zero-order chi connectivity index (χ0) is 15.4. The molecular weight excluding hydrogens is 266 g/mol. The highest BCUT2D eigenvalue weighted by Crippen LogP contribution is 2.25. The van der Waals surface area contributed by atoms with Gasteiger partial charge in [-0.1, -0.05) is 29.8 Å². The van der Waals surface area contributed by atoms with Crippen molar-refractivity contribution in [2.45, 2.75) is 20.0 Å². The van der Waals surface area contributed by atoms with E-state index in [4.69, 9.17) is 4.74 Å². The number of nitrogens with one attached hydrogen (secondary N) is 1. The molecule has 4 nitrogen and oxygen atoms in total. The van der Waals surface area contributed by atoms with E-state index in [-0.39, 0.29) is 5.91 Å². The van der Waals surface area contributed by atoms with E-state index in [9.17, 15) is 9.90 Å². The Hall–Kier alpha value is -2.33. The molecule has 0 aromatic heterocycles. The fourth-order valence-corrected chi connectivity index (χ4v) is 2.16. The summed E-state index contributed by atoms with van der Waals surface area (Å²) in [6, 6.07) is 12.6. The minimum absolute atomic E-state index is 0.261. The van der Waals surface area contributed by atoms with Crippen molar-refractivity contribution >= 4 is 11.6 Å². The van der Waals surface area contributed by atoms with Crippen LogP contribution in [0, 0.1) is 6.92 Å². The average Bonchev–Trinajstić information content (AvgIpc) is 2.47. The maximum atomic E-state index is 12.4. The van der Waals surface area contributed by atoms with Gasteiger partial charge in [-0.05, 0) is 32.0 Å². The summed E-state index contributed by atoms with van der Waals surface area (Å²) in [5.41, 5.74) is 2.72. The standard InChI is InChI=1S/C17H19NO3/c1-11-8-9-16(21-3)14(10-11)17(20)18-15-7-5-4-6-13(15)12(2)19/h4-10,12,19H,1-3H3,(H,18,20). The van der Waals surface area contributed by atoms with E-state index in [1.807, 2.05) is 25.1 Å².